The molecule has 1 aliphatic heterocycles. The van der Waals surface area contributed by atoms with Crippen molar-refractivity contribution in [3.63, 3.8) is 0 Å². The van der Waals surface area contributed by atoms with Crippen molar-refractivity contribution in [3.8, 4) is 5.75 Å². The van der Waals surface area contributed by atoms with Gasteiger partial charge in [-0.2, -0.15) is 11.8 Å². The number of carbonyl (C=O) groups excluding carboxylic acids is 2. The van der Waals surface area contributed by atoms with Crippen LogP contribution in [0.4, 0.5) is 5.69 Å². The Kier molecular flexibility index (Phi) is 6.22. The number of para-hydroxylation sites is 2. The highest BCUT2D eigenvalue weighted by Crippen LogP contribution is 2.33. The second kappa shape index (κ2) is 8.80. The minimum Gasteiger partial charge on any atom is -0.479 e. The molecule has 2 heterocycles. The van der Waals surface area contributed by atoms with Crippen LogP contribution in [0.5, 0.6) is 5.75 Å². The highest BCUT2D eigenvalue weighted by molar-refractivity contribution is 7.98. The maximum Gasteiger partial charge on any atom is 0.267 e. The molecule has 6 nitrogen and oxygen atoms in total. The second-order valence-electron chi connectivity index (χ2n) is 5.95. The summed E-state index contributed by atoms with van der Waals surface area (Å²) in [5, 5.41) is 2.89. The minimum absolute atomic E-state index is 0.0620. The van der Waals surface area contributed by atoms with Crippen LogP contribution in [-0.2, 0) is 15.3 Å². The quantitative estimate of drug-likeness (QED) is 0.720. The predicted octanol–water partition coefficient (Wildman–Crippen LogP) is 2.83. The maximum atomic E-state index is 12.4. The van der Waals surface area contributed by atoms with Crippen molar-refractivity contribution in [2.24, 2.45) is 0 Å². The monoisotopic (exact) mass is 374 g/mol. The summed E-state index contributed by atoms with van der Waals surface area (Å²) in [5.41, 5.74) is 0.720. The van der Waals surface area contributed by atoms with Crippen LogP contribution in [-0.4, -0.2) is 36.8 Å². The highest BCUT2D eigenvalue weighted by Gasteiger charge is 2.31. The van der Waals surface area contributed by atoms with Gasteiger partial charge in [0, 0.05) is 25.3 Å². The van der Waals surface area contributed by atoms with Gasteiger partial charge in [-0.1, -0.05) is 12.1 Å². The number of rotatable bonds is 8. The number of amides is 2. The van der Waals surface area contributed by atoms with Crippen LogP contribution in [0.3, 0.4) is 0 Å². The number of hydrogen-bond acceptors (Lipinski definition) is 5. The van der Waals surface area contributed by atoms with E-state index in [1.165, 1.54) is 0 Å². The molecule has 0 saturated carbocycles. The highest BCUT2D eigenvalue weighted by atomic mass is 32.2. The Labute approximate surface area is 156 Å². The minimum atomic E-state index is -0.536. The fourth-order valence-corrected chi connectivity index (χ4v) is 3.48. The van der Waals surface area contributed by atoms with Crippen LogP contribution in [0.15, 0.2) is 47.1 Å². The lowest BCUT2D eigenvalue weighted by atomic mass is 10.1. The van der Waals surface area contributed by atoms with E-state index in [4.69, 9.17) is 9.15 Å². The molecule has 1 aromatic carbocycles. The van der Waals surface area contributed by atoms with E-state index in [0.717, 1.165) is 23.0 Å². The van der Waals surface area contributed by atoms with E-state index < -0.39 is 6.10 Å². The van der Waals surface area contributed by atoms with E-state index in [1.54, 1.807) is 29.8 Å². The van der Waals surface area contributed by atoms with E-state index in [2.05, 4.69) is 5.32 Å². The summed E-state index contributed by atoms with van der Waals surface area (Å²) in [4.78, 5) is 26.1. The van der Waals surface area contributed by atoms with Crippen LogP contribution in [0, 0.1) is 0 Å². The largest absolute Gasteiger partial charge is 0.479 e. The number of furan rings is 1. The van der Waals surface area contributed by atoms with Crippen molar-refractivity contribution in [2.45, 2.75) is 25.2 Å². The van der Waals surface area contributed by atoms with Gasteiger partial charge in [-0.15, -0.1) is 0 Å². The Bertz CT molecular complexity index is 748. The van der Waals surface area contributed by atoms with E-state index in [0.29, 0.717) is 18.8 Å². The molecule has 26 heavy (non-hydrogen) atoms. The molecule has 1 aliphatic rings. The number of benzene rings is 1. The average molecular weight is 374 g/mol. The number of nitrogens with zero attached hydrogens (tertiary/aromatic N) is 1. The molecule has 138 valence electrons. The lowest BCUT2D eigenvalue weighted by Crippen LogP contribution is -2.45. The molecule has 0 radical (unpaired) electrons. The number of carbonyl (C=O) groups is 2. The van der Waals surface area contributed by atoms with Gasteiger partial charge in [-0.05, 0) is 31.2 Å². The second-order valence-corrected chi connectivity index (χ2v) is 7.05. The van der Waals surface area contributed by atoms with Gasteiger partial charge >= 0.3 is 0 Å². The van der Waals surface area contributed by atoms with Crippen molar-refractivity contribution in [3.05, 3.63) is 48.4 Å². The molecule has 1 atom stereocenters. The molecule has 0 fully saturated rings. The van der Waals surface area contributed by atoms with E-state index in [1.807, 2.05) is 36.4 Å². The number of ether oxygens (including phenoxy) is 1. The molecule has 0 bridgehead atoms. The van der Waals surface area contributed by atoms with Crippen LogP contribution < -0.4 is 15.0 Å². The van der Waals surface area contributed by atoms with Crippen molar-refractivity contribution in [2.75, 3.05) is 23.7 Å². The van der Waals surface area contributed by atoms with Gasteiger partial charge in [0.05, 0.1) is 17.7 Å². The molecule has 1 N–H and O–H groups in total. The van der Waals surface area contributed by atoms with Crippen LogP contribution in [0.2, 0.25) is 0 Å². The summed E-state index contributed by atoms with van der Waals surface area (Å²) in [7, 11) is 0. The maximum absolute atomic E-state index is 12.4. The number of nitrogens with one attached hydrogen (secondary N) is 1. The van der Waals surface area contributed by atoms with Gasteiger partial charge in [0.2, 0.25) is 5.91 Å². The van der Waals surface area contributed by atoms with Gasteiger partial charge in [-0.3, -0.25) is 9.59 Å². The number of fused-ring (bicyclic) bond motifs is 1. The third kappa shape index (κ3) is 4.60. The van der Waals surface area contributed by atoms with Gasteiger partial charge in [0.1, 0.15) is 11.5 Å². The van der Waals surface area contributed by atoms with Gasteiger partial charge < -0.3 is 19.4 Å². The summed E-state index contributed by atoms with van der Waals surface area (Å²) in [6.45, 7) is 2.66. The summed E-state index contributed by atoms with van der Waals surface area (Å²) in [6, 6.07) is 11.2. The first kappa shape index (κ1) is 18.4. The number of hydrogen-bond donors (Lipinski definition) is 1. The topological polar surface area (TPSA) is 71.8 Å². The van der Waals surface area contributed by atoms with E-state index in [9.17, 15) is 9.59 Å². The summed E-state index contributed by atoms with van der Waals surface area (Å²) < 4.78 is 10.9. The Morgan fingerprint density at radius 1 is 1.27 bits per heavy atom. The molecule has 7 heteroatoms. The third-order valence-corrected chi connectivity index (χ3v) is 5.01. The van der Waals surface area contributed by atoms with Crippen molar-refractivity contribution in [1.82, 2.24) is 5.32 Å². The zero-order valence-electron chi connectivity index (χ0n) is 14.6. The molecule has 3 rings (SSSR count). The molecule has 1 aromatic heterocycles. The standard InChI is InChI=1S/C19H22N2O4S/c1-14-19(23)21(16-6-2-3-7-17(16)25-14)10-8-18(22)20-9-12-26-13-15-5-4-11-24-15/h2-7,11,14H,8-10,12-13H2,1H3,(H,20,22). The molecular formula is C19H22N2O4S. The van der Waals surface area contributed by atoms with Crippen molar-refractivity contribution in [1.29, 1.82) is 0 Å². The molecule has 0 aliphatic carbocycles. The smallest absolute Gasteiger partial charge is 0.267 e. The Morgan fingerprint density at radius 2 is 2.12 bits per heavy atom. The lowest BCUT2D eigenvalue weighted by Gasteiger charge is -2.32. The first-order valence-corrected chi connectivity index (χ1v) is 9.74. The normalized spacial score (nSPS) is 16.1. The molecule has 0 saturated heterocycles. The fourth-order valence-electron chi connectivity index (χ4n) is 2.72. The lowest BCUT2D eigenvalue weighted by molar-refractivity contribution is -0.125. The molecule has 2 aromatic rings. The Balaban J connectivity index is 1.41. The van der Waals surface area contributed by atoms with Gasteiger partial charge in [0.15, 0.2) is 6.10 Å². The van der Waals surface area contributed by atoms with Crippen LogP contribution >= 0.6 is 11.8 Å². The van der Waals surface area contributed by atoms with Crippen molar-refractivity contribution < 1.29 is 18.7 Å². The fraction of sp³-hybridized carbons (Fsp3) is 0.368. The Hall–Kier alpha value is -2.41. The molecular weight excluding hydrogens is 352 g/mol. The first-order valence-electron chi connectivity index (χ1n) is 8.59. The number of thioether (sulfide) groups is 1. The van der Waals surface area contributed by atoms with E-state index in [-0.39, 0.29) is 18.2 Å². The number of anilines is 1. The predicted molar refractivity (Wildman–Crippen MR) is 101 cm³/mol. The average Bonchev–Trinajstić information content (AvgIpc) is 3.15. The molecule has 0 spiro atoms. The van der Waals surface area contributed by atoms with Crippen LogP contribution in [0.25, 0.3) is 0 Å². The summed E-state index contributed by atoms with van der Waals surface area (Å²) in [5.74, 6) is 3.02. The zero-order valence-corrected chi connectivity index (χ0v) is 15.5. The summed E-state index contributed by atoms with van der Waals surface area (Å²) in [6.07, 6.45) is 1.38. The van der Waals surface area contributed by atoms with Crippen molar-refractivity contribution >= 4 is 29.3 Å². The first-order chi connectivity index (χ1) is 12.6. The third-order valence-electron chi connectivity index (χ3n) is 4.03. The SMILES string of the molecule is CC1Oc2ccccc2N(CCC(=O)NCCSCc2ccco2)C1=O. The van der Waals surface area contributed by atoms with Gasteiger partial charge in [0.25, 0.3) is 5.91 Å². The molecule has 1 unspecified atom stereocenters. The molecule has 2 amide bonds. The van der Waals surface area contributed by atoms with E-state index >= 15 is 0 Å². The summed E-state index contributed by atoms with van der Waals surface area (Å²) >= 11 is 1.70. The zero-order chi connectivity index (χ0) is 18.4. The van der Waals surface area contributed by atoms with Crippen LogP contribution in [0.1, 0.15) is 19.1 Å². The van der Waals surface area contributed by atoms with Gasteiger partial charge in [-0.25, -0.2) is 0 Å². The Morgan fingerprint density at radius 3 is 2.92 bits per heavy atom.